The second kappa shape index (κ2) is 9.80. The van der Waals surface area contributed by atoms with Gasteiger partial charge in [0.2, 0.25) is 0 Å². The first-order valence-corrected chi connectivity index (χ1v) is 9.97. The molecule has 0 spiro atoms. The number of aryl methyl sites for hydroxylation is 1. The predicted octanol–water partition coefficient (Wildman–Crippen LogP) is 2.41. The van der Waals surface area contributed by atoms with Gasteiger partial charge in [0.1, 0.15) is 12.3 Å². The normalized spacial score (nSPS) is 10.7. The third kappa shape index (κ3) is 5.33. The van der Waals surface area contributed by atoms with Crippen LogP contribution in [0.2, 0.25) is 10.0 Å². The summed E-state index contributed by atoms with van der Waals surface area (Å²) in [4.78, 5) is 28.6. The van der Waals surface area contributed by atoms with Crippen LogP contribution in [0.4, 0.5) is 0 Å². The Hall–Kier alpha value is -3.11. The van der Waals surface area contributed by atoms with Crippen LogP contribution in [0.25, 0.3) is 0 Å². The van der Waals surface area contributed by atoms with E-state index in [1.807, 2.05) is 6.92 Å². The molecule has 3 aromatic rings. The molecule has 2 N–H and O–H groups in total. The Morgan fingerprint density at radius 1 is 1.16 bits per heavy atom. The van der Waals surface area contributed by atoms with E-state index in [9.17, 15) is 9.59 Å². The molecule has 10 nitrogen and oxygen atoms in total. The standard InChI is InChI=1S/C19H20Cl2N6O4/c1-10-16(21)11(2)27(25-10)9-15-24-19(31-26-15)18(29)23-7-6-22-17(28)13-8-12(20)4-5-14(13)30-3/h4-5,8H,6-7,9H2,1-3H3,(H,22,28)(H,23,29). The van der Waals surface area contributed by atoms with E-state index in [-0.39, 0.29) is 37.3 Å². The van der Waals surface area contributed by atoms with Gasteiger partial charge in [0, 0.05) is 18.1 Å². The lowest BCUT2D eigenvalue weighted by Crippen LogP contribution is -2.35. The van der Waals surface area contributed by atoms with Crippen LogP contribution in [-0.2, 0) is 6.54 Å². The molecule has 0 unspecified atom stereocenters. The van der Waals surface area contributed by atoms with Gasteiger partial charge in [0.15, 0.2) is 5.82 Å². The van der Waals surface area contributed by atoms with E-state index in [1.54, 1.807) is 23.7 Å². The molecule has 0 aliphatic heterocycles. The van der Waals surface area contributed by atoms with Crippen molar-refractivity contribution in [3.05, 3.63) is 56.9 Å². The van der Waals surface area contributed by atoms with Crippen molar-refractivity contribution in [2.45, 2.75) is 20.4 Å². The van der Waals surface area contributed by atoms with Crippen LogP contribution >= 0.6 is 23.2 Å². The summed E-state index contributed by atoms with van der Waals surface area (Å²) in [5.74, 6) is -0.440. The number of carbonyl (C=O) groups is 2. The maximum Gasteiger partial charge on any atom is 0.316 e. The number of hydrogen-bond donors (Lipinski definition) is 2. The highest BCUT2D eigenvalue weighted by Gasteiger charge is 2.17. The summed E-state index contributed by atoms with van der Waals surface area (Å²) in [6, 6.07) is 4.73. The first-order chi connectivity index (χ1) is 14.8. The van der Waals surface area contributed by atoms with Crippen molar-refractivity contribution in [1.82, 2.24) is 30.6 Å². The molecule has 0 saturated heterocycles. The van der Waals surface area contributed by atoms with Crippen LogP contribution in [0.3, 0.4) is 0 Å². The van der Waals surface area contributed by atoms with Crippen molar-refractivity contribution < 1.29 is 18.8 Å². The SMILES string of the molecule is COc1ccc(Cl)cc1C(=O)NCCNC(=O)c1nc(Cn2nc(C)c(Cl)c2C)no1. The summed E-state index contributed by atoms with van der Waals surface area (Å²) in [6.07, 6.45) is 0. The van der Waals surface area contributed by atoms with E-state index in [0.29, 0.717) is 27.1 Å². The van der Waals surface area contributed by atoms with Crippen LogP contribution in [0.15, 0.2) is 22.7 Å². The Morgan fingerprint density at radius 3 is 2.52 bits per heavy atom. The topological polar surface area (TPSA) is 124 Å². The zero-order valence-corrected chi connectivity index (χ0v) is 18.5. The Kier molecular flexibility index (Phi) is 7.13. The molecule has 164 valence electrons. The van der Waals surface area contributed by atoms with E-state index in [2.05, 4.69) is 25.9 Å². The molecule has 0 fully saturated rings. The Labute approximate surface area is 187 Å². The van der Waals surface area contributed by atoms with Gasteiger partial charge in [-0.05, 0) is 32.0 Å². The van der Waals surface area contributed by atoms with E-state index in [4.69, 9.17) is 32.5 Å². The van der Waals surface area contributed by atoms with Crippen molar-refractivity contribution in [1.29, 1.82) is 0 Å². The number of nitrogens with zero attached hydrogens (tertiary/aromatic N) is 4. The van der Waals surface area contributed by atoms with E-state index >= 15 is 0 Å². The Balaban J connectivity index is 1.50. The molecule has 2 heterocycles. The average molecular weight is 467 g/mol. The second-order valence-electron chi connectivity index (χ2n) is 6.51. The van der Waals surface area contributed by atoms with Crippen LogP contribution in [0.1, 0.15) is 38.3 Å². The van der Waals surface area contributed by atoms with Gasteiger partial charge in [-0.25, -0.2) is 0 Å². The molecule has 31 heavy (non-hydrogen) atoms. The molecule has 2 aromatic heterocycles. The van der Waals surface area contributed by atoms with Crippen LogP contribution in [0, 0.1) is 13.8 Å². The highest BCUT2D eigenvalue weighted by molar-refractivity contribution is 6.31. The summed E-state index contributed by atoms with van der Waals surface area (Å²) < 4.78 is 11.8. The number of nitrogens with one attached hydrogen (secondary N) is 2. The first kappa shape index (κ1) is 22.6. The van der Waals surface area contributed by atoms with Gasteiger partial charge < -0.3 is 19.9 Å². The number of halogens is 2. The van der Waals surface area contributed by atoms with E-state index < -0.39 is 5.91 Å². The van der Waals surface area contributed by atoms with Crippen LogP contribution in [-0.4, -0.2) is 51.9 Å². The maximum atomic E-state index is 12.3. The average Bonchev–Trinajstić information content (AvgIpc) is 3.31. The summed E-state index contributed by atoms with van der Waals surface area (Å²) >= 11 is 12.1. The van der Waals surface area contributed by atoms with Crippen molar-refractivity contribution in [2.24, 2.45) is 0 Å². The fraction of sp³-hybridized carbons (Fsp3) is 0.316. The minimum Gasteiger partial charge on any atom is -0.496 e. The molecule has 3 rings (SSSR count). The van der Waals surface area contributed by atoms with Gasteiger partial charge in [-0.1, -0.05) is 28.4 Å². The third-order valence-electron chi connectivity index (χ3n) is 4.35. The lowest BCUT2D eigenvalue weighted by Gasteiger charge is -2.09. The maximum absolute atomic E-state index is 12.3. The van der Waals surface area contributed by atoms with Crippen LogP contribution < -0.4 is 15.4 Å². The van der Waals surface area contributed by atoms with E-state index in [1.165, 1.54) is 13.2 Å². The van der Waals surface area contributed by atoms with Crippen molar-refractivity contribution in [3.8, 4) is 5.75 Å². The van der Waals surface area contributed by atoms with Crippen molar-refractivity contribution >= 4 is 35.0 Å². The summed E-state index contributed by atoms with van der Waals surface area (Å²) in [5.41, 5.74) is 1.76. The summed E-state index contributed by atoms with van der Waals surface area (Å²) in [6.45, 7) is 4.16. The second-order valence-corrected chi connectivity index (χ2v) is 7.33. The minimum absolute atomic E-state index is 0.151. The van der Waals surface area contributed by atoms with Gasteiger partial charge in [0.05, 0.1) is 29.1 Å². The lowest BCUT2D eigenvalue weighted by atomic mass is 10.2. The lowest BCUT2D eigenvalue weighted by molar-refractivity contribution is 0.0897. The molecule has 0 radical (unpaired) electrons. The first-order valence-electron chi connectivity index (χ1n) is 9.22. The molecular weight excluding hydrogens is 447 g/mol. The van der Waals surface area contributed by atoms with E-state index in [0.717, 1.165) is 5.69 Å². The summed E-state index contributed by atoms with van der Waals surface area (Å²) in [7, 11) is 1.46. The molecule has 0 aliphatic carbocycles. The quantitative estimate of drug-likeness (QED) is 0.488. The number of ether oxygens (including phenoxy) is 1. The fourth-order valence-corrected chi connectivity index (χ4v) is 3.06. The number of hydrogen-bond acceptors (Lipinski definition) is 7. The molecule has 0 atom stereocenters. The van der Waals surface area contributed by atoms with Gasteiger partial charge in [0.25, 0.3) is 5.91 Å². The fourth-order valence-electron chi connectivity index (χ4n) is 2.75. The Morgan fingerprint density at radius 2 is 1.87 bits per heavy atom. The largest absolute Gasteiger partial charge is 0.496 e. The van der Waals surface area contributed by atoms with Gasteiger partial charge in [-0.3, -0.25) is 14.3 Å². The Bertz CT molecular complexity index is 1110. The third-order valence-corrected chi connectivity index (χ3v) is 5.13. The molecule has 0 saturated carbocycles. The number of methoxy groups -OCH3 is 1. The molecule has 1 aromatic carbocycles. The number of aromatic nitrogens is 4. The predicted molar refractivity (Wildman–Crippen MR) is 113 cm³/mol. The highest BCUT2D eigenvalue weighted by Crippen LogP contribution is 2.22. The zero-order valence-electron chi connectivity index (χ0n) is 17.0. The molecule has 0 bridgehead atoms. The van der Waals surface area contributed by atoms with Gasteiger partial charge in [-0.2, -0.15) is 10.1 Å². The number of carbonyl (C=O) groups excluding carboxylic acids is 2. The van der Waals surface area contributed by atoms with Crippen molar-refractivity contribution in [3.63, 3.8) is 0 Å². The highest BCUT2D eigenvalue weighted by atomic mass is 35.5. The van der Waals surface area contributed by atoms with Crippen molar-refractivity contribution in [2.75, 3.05) is 20.2 Å². The zero-order chi connectivity index (χ0) is 22.5. The van der Waals surface area contributed by atoms with Crippen LogP contribution in [0.5, 0.6) is 5.75 Å². The molecule has 0 aliphatic rings. The number of rotatable bonds is 8. The number of amides is 2. The molecule has 12 heteroatoms. The summed E-state index contributed by atoms with van der Waals surface area (Å²) in [5, 5.41) is 14.3. The molecular formula is C19H20Cl2N6O4. The molecule has 2 amide bonds. The van der Waals surface area contributed by atoms with Gasteiger partial charge >= 0.3 is 11.8 Å². The number of benzene rings is 1. The monoisotopic (exact) mass is 466 g/mol. The van der Waals surface area contributed by atoms with Gasteiger partial charge in [-0.15, -0.1) is 0 Å². The smallest absolute Gasteiger partial charge is 0.316 e. The minimum atomic E-state index is -0.556.